The Morgan fingerprint density at radius 2 is 0.961 bits per heavy atom. The van der Waals surface area contributed by atoms with Crippen molar-refractivity contribution in [2.24, 2.45) is 0 Å². The molecule has 0 fully saturated rings. The van der Waals surface area contributed by atoms with Gasteiger partial charge in [-0.25, -0.2) is 15.0 Å². The lowest BCUT2D eigenvalue weighted by Crippen LogP contribution is -1.91. The van der Waals surface area contributed by atoms with Crippen LogP contribution in [-0.2, 0) is 0 Å². The number of fused-ring (bicyclic) bond motifs is 11. The van der Waals surface area contributed by atoms with Crippen LogP contribution in [0.4, 0.5) is 0 Å². The fraction of sp³-hybridized carbons (Fsp3) is 0. The Morgan fingerprint density at radius 1 is 0.373 bits per heavy atom. The van der Waals surface area contributed by atoms with Crippen LogP contribution in [0.3, 0.4) is 0 Å². The average Bonchev–Trinajstić information content (AvgIpc) is 3.59. The van der Waals surface area contributed by atoms with Crippen LogP contribution >= 0.6 is 0 Å². The van der Waals surface area contributed by atoms with Crippen molar-refractivity contribution in [3.63, 3.8) is 0 Å². The van der Waals surface area contributed by atoms with Crippen molar-refractivity contribution in [3.8, 4) is 33.8 Å². The molecule has 0 spiro atoms. The zero-order valence-corrected chi connectivity index (χ0v) is 27.3. The van der Waals surface area contributed by atoms with Gasteiger partial charge in [-0.3, -0.25) is 0 Å². The monoisotopic (exact) mass is 649 g/mol. The van der Waals surface area contributed by atoms with Gasteiger partial charge in [0, 0.05) is 54.4 Å². The van der Waals surface area contributed by atoms with E-state index in [1.807, 2.05) is 36.4 Å². The van der Waals surface area contributed by atoms with Crippen LogP contribution in [0.15, 0.2) is 168 Å². The van der Waals surface area contributed by atoms with Crippen LogP contribution in [-0.4, -0.2) is 15.0 Å². The second kappa shape index (κ2) is 10.8. The third-order valence-electron chi connectivity index (χ3n) is 10.2. The molecule has 4 heteroatoms. The van der Waals surface area contributed by atoms with Crippen LogP contribution in [0.5, 0.6) is 0 Å². The van der Waals surface area contributed by atoms with E-state index < -0.39 is 0 Å². The standard InChI is InChI=1S/C47H27N3O/c1-2-8-28(9-3-1)39-24-20-29-14-15-30-21-25-40(49-46(30)45(29)48-39)33-18-16-32-27-34(19-17-31(32)26-33)44-38-23-22-36-35-10-5-7-13-42(35)51-47(36)43(38)37-11-4-6-12-41(37)50-44/h1-27H. The molecule has 0 aliphatic heterocycles. The summed E-state index contributed by atoms with van der Waals surface area (Å²) in [5.41, 5.74) is 10.6. The smallest absolute Gasteiger partial charge is 0.144 e. The number of furan rings is 1. The maximum atomic E-state index is 6.53. The number of rotatable bonds is 3. The summed E-state index contributed by atoms with van der Waals surface area (Å²) in [4.78, 5) is 15.5. The SMILES string of the molecule is c1ccc(-c2ccc3ccc4ccc(-c5ccc6cc(-c7nc8ccccc8c8c7ccc7c9ccccc9oc78)ccc6c5)nc4c3n2)cc1. The third kappa shape index (κ3) is 4.37. The maximum absolute atomic E-state index is 6.53. The van der Waals surface area contributed by atoms with Crippen molar-refractivity contribution in [2.75, 3.05) is 0 Å². The Bertz CT molecular complexity index is 3200. The topological polar surface area (TPSA) is 51.8 Å². The zero-order valence-electron chi connectivity index (χ0n) is 27.3. The van der Waals surface area contributed by atoms with Crippen LogP contribution in [0, 0.1) is 0 Å². The van der Waals surface area contributed by atoms with Gasteiger partial charge in [-0.05, 0) is 53.2 Å². The summed E-state index contributed by atoms with van der Waals surface area (Å²) < 4.78 is 6.53. The Kier molecular flexibility index (Phi) is 5.92. The lowest BCUT2D eigenvalue weighted by atomic mass is 9.96. The first-order chi connectivity index (χ1) is 25.2. The number of nitrogens with zero attached hydrogens (tertiary/aromatic N) is 3. The number of hydrogen-bond donors (Lipinski definition) is 0. The molecule has 4 nitrogen and oxygen atoms in total. The largest absolute Gasteiger partial charge is 0.455 e. The molecule has 0 N–H and O–H groups in total. The van der Waals surface area contributed by atoms with E-state index >= 15 is 0 Å². The van der Waals surface area contributed by atoms with Gasteiger partial charge in [-0.1, -0.05) is 121 Å². The normalized spacial score (nSPS) is 11.9. The molecule has 0 atom stereocenters. The summed E-state index contributed by atoms with van der Waals surface area (Å²) >= 11 is 0. The Balaban J connectivity index is 1.04. The molecule has 4 heterocycles. The van der Waals surface area contributed by atoms with Crippen LogP contribution in [0.1, 0.15) is 0 Å². The van der Waals surface area contributed by atoms with Gasteiger partial charge in [0.25, 0.3) is 0 Å². The van der Waals surface area contributed by atoms with Gasteiger partial charge >= 0.3 is 0 Å². The van der Waals surface area contributed by atoms with Gasteiger partial charge in [0.05, 0.1) is 33.6 Å². The molecule has 0 radical (unpaired) electrons. The highest BCUT2D eigenvalue weighted by Crippen LogP contribution is 2.41. The summed E-state index contributed by atoms with van der Waals surface area (Å²) in [6.07, 6.45) is 0. The number of hydrogen-bond acceptors (Lipinski definition) is 4. The Morgan fingerprint density at radius 3 is 1.75 bits per heavy atom. The number of pyridine rings is 3. The first-order valence-electron chi connectivity index (χ1n) is 17.2. The minimum absolute atomic E-state index is 0.895. The summed E-state index contributed by atoms with van der Waals surface area (Å²) in [5, 5.41) is 9.95. The van der Waals surface area contributed by atoms with Crippen molar-refractivity contribution < 1.29 is 4.42 Å². The summed E-state index contributed by atoms with van der Waals surface area (Å²) in [6.45, 7) is 0. The molecule has 0 unspecified atom stereocenters. The highest BCUT2D eigenvalue weighted by atomic mass is 16.3. The van der Waals surface area contributed by atoms with E-state index in [0.29, 0.717) is 0 Å². The second-order valence-corrected chi connectivity index (χ2v) is 13.2. The maximum Gasteiger partial charge on any atom is 0.144 e. The van der Waals surface area contributed by atoms with E-state index in [1.54, 1.807) is 0 Å². The lowest BCUT2D eigenvalue weighted by Gasteiger charge is -2.12. The van der Waals surface area contributed by atoms with E-state index in [0.717, 1.165) is 110 Å². The highest BCUT2D eigenvalue weighted by Gasteiger charge is 2.17. The zero-order chi connectivity index (χ0) is 33.5. The van der Waals surface area contributed by atoms with Gasteiger partial charge in [0.2, 0.25) is 0 Å². The fourth-order valence-electron chi connectivity index (χ4n) is 7.69. The molecule has 4 aromatic heterocycles. The molecule has 0 bridgehead atoms. The van der Waals surface area contributed by atoms with Crippen LogP contribution < -0.4 is 0 Å². The summed E-state index contributed by atoms with van der Waals surface area (Å²) in [6, 6.07) is 57.2. The van der Waals surface area contributed by atoms with Crippen molar-refractivity contribution >= 4 is 76.2 Å². The molecule has 236 valence electrons. The van der Waals surface area contributed by atoms with Crippen LogP contribution in [0.25, 0.3) is 110 Å². The van der Waals surface area contributed by atoms with E-state index in [4.69, 9.17) is 19.4 Å². The number of aromatic nitrogens is 3. The van der Waals surface area contributed by atoms with Crippen molar-refractivity contribution in [1.82, 2.24) is 15.0 Å². The molecule has 0 saturated heterocycles. The second-order valence-electron chi connectivity index (χ2n) is 13.2. The minimum Gasteiger partial charge on any atom is -0.455 e. The van der Waals surface area contributed by atoms with Gasteiger partial charge in [-0.15, -0.1) is 0 Å². The van der Waals surface area contributed by atoms with Crippen molar-refractivity contribution in [3.05, 3.63) is 164 Å². The first kappa shape index (κ1) is 28.0. The van der Waals surface area contributed by atoms with Crippen molar-refractivity contribution in [2.45, 2.75) is 0 Å². The van der Waals surface area contributed by atoms with Crippen LogP contribution in [0.2, 0.25) is 0 Å². The molecular weight excluding hydrogens is 623 g/mol. The molecule has 7 aromatic carbocycles. The van der Waals surface area contributed by atoms with Gasteiger partial charge < -0.3 is 4.42 Å². The Hall–Kier alpha value is -6.91. The molecule has 0 saturated carbocycles. The first-order valence-corrected chi connectivity index (χ1v) is 17.2. The summed E-state index contributed by atoms with van der Waals surface area (Å²) in [7, 11) is 0. The van der Waals surface area contributed by atoms with Gasteiger partial charge in [-0.2, -0.15) is 0 Å². The van der Waals surface area contributed by atoms with E-state index in [2.05, 4.69) is 127 Å². The fourth-order valence-corrected chi connectivity index (χ4v) is 7.69. The van der Waals surface area contributed by atoms with E-state index in [-0.39, 0.29) is 0 Å². The van der Waals surface area contributed by atoms with E-state index in [9.17, 15) is 0 Å². The molecule has 11 aromatic rings. The molecule has 51 heavy (non-hydrogen) atoms. The number of para-hydroxylation sites is 2. The van der Waals surface area contributed by atoms with Gasteiger partial charge in [0.15, 0.2) is 0 Å². The molecule has 0 aliphatic rings. The molecule has 0 amide bonds. The predicted octanol–water partition coefficient (Wildman–Crippen LogP) is 12.5. The highest BCUT2D eigenvalue weighted by molar-refractivity contribution is 6.24. The molecule has 0 aliphatic carbocycles. The predicted molar refractivity (Wildman–Crippen MR) is 211 cm³/mol. The van der Waals surface area contributed by atoms with Crippen molar-refractivity contribution in [1.29, 1.82) is 0 Å². The Labute approximate surface area is 292 Å². The molecule has 11 rings (SSSR count). The average molecular weight is 650 g/mol. The van der Waals surface area contributed by atoms with E-state index in [1.165, 1.54) is 0 Å². The minimum atomic E-state index is 0.895. The summed E-state index contributed by atoms with van der Waals surface area (Å²) in [5.74, 6) is 0. The lowest BCUT2D eigenvalue weighted by molar-refractivity contribution is 0.673. The quantitative estimate of drug-likeness (QED) is 0.179. The van der Waals surface area contributed by atoms with Gasteiger partial charge in [0.1, 0.15) is 11.2 Å². The molecular formula is C47H27N3O. The number of benzene rings is 7. The third-order valence-corrected chi connectivity index (χ3v) is 10.2.